The molecule has 0 saturated carbocycles. The van der Waals surface area contributed by atoms with Crippen molar-refractivity contribution in [3.8, 4) is 5.75 Å². The highest BCUT2D eigenvalue weighted by Crippen LogP contribution is 2.27. The zero-order valence-corrected chi connectivity index (χ0v) is 15.6. The van der Waals surface area contributed by atoms with Crippen LogP contribution in [0.1, 0.15) is 27.0 Å². The minimum atomic E-state index is -0.489. The quantitative estimate of drug-likeness (QED) is 0.497. The van der Waals surface area contributed by atoms with Gasteiger partial charge in [-0.15, -0.1) is 0 Å². The molecule has 0 spiro atoms. The van der Waals surface area contributed by atoms with Crippen molar-refractivity contribution in [3.05, 3.63) is 99.1 Å². The third-order valence-electron chi connectivity index (χ3n) is 4.52. The van der Waals surface area contributed by atoms with Gasteiger partial charge in [-0.1, -0.05) is 36.4 Å². The summed E-state index contributed by atoms with van der Waals surface area (Å²) in [5, 5.41) is 13.9. The smallest absolute Gasteiger partial charge is 0.273 e. The Bertz CT molecular complexity index is 1020. The highest BCUT2D eigenvalue weighted by molar-refractivity contribution is 6.05. The normalized spacial score (nSPS) is 10.4. The predicted octanol–water partition coefficient (Wildman–Crippen LogP) is 4.75. The summed E-state index contributed by atoms with van der Waals surface area (Å²) in [4.78, 5) is 23.3. The molecule has 0 aliphatic heterocycles. The van der Waals surface area contributed by atoms with Gasteiger partial charge in [0.25, 0.3) is 11.6 Å². The minimum Gasteiger partial charge on any atom is -0.496 e. The fraction of sp³-hybridized carbons (Fsp3) is 0.136. The molecule has 0 radical (unpaired) electrons. The Morgan fingerprint density at radius 3 is 2.50 bits per heavy atom. The number of nitrogens with one attached hydrogen (secondary N) is 1. The molecule has 3 aromatic carbocycles. The van der Waals surface area contributed by atoms with Gasteiger partial charge >= 0.3 is 0 Å². The second-order valence-electron chi connectivity index (χ2n) is 6.35. The topological polar surface area (TPSA) is 81.5 Å². The van der Waals surface area contributed by atoms with Crippen LogP contribution in [0.25, 0.3) is 0 Å². The van der Waals surface area contributed by atoms with Gasteiger partial charge in [0, 0.05) is 34.9 Å². The van der Waals surface area contributed by atoms with Crippen molar-refractivity contribution in [2.24, 2.45) is 0 Å². The van der Waals surface area contributed by atoms with Crippen LogP contribution in [0, 0.1) is 17.0 Å². The van der Waals surface area contributed by atoms with E-state index in [1.807, 2.05) is 36.4 Å². The van der Waals surface area contributed by atoms with Crippen LogP contribution >= 0.6 is 0 Å². The lowest BCUT2D eigenvalue weighted by Crippen LogP contribution is -2.14. The summed E-state index contributed by atoms with van der Waals surface area (Å²) >= 11 is 0. The number of ether oxygens (including phenoxy) is 1. The maximum atomic E-state index is 12.7. The number of benzene rings is 3. The predicted molar refractivity (Wildman–Crippen MR) is 108 cm³/mol. The first-order valence-electron chi connectivity index (χ1n) is 8.76. The summed E-state index contributed by atoms with van der Waals surface area (Å²) in [5.74, 6) is 0.338. The number of nitrogens with zero attached hydrogens (tertiary/aromatic N) is 1. The van der Waals surface area contributed by atoms with E-state index in [0.29, 0.717) is 17.7 Å². The van der Waals surface area contributed by atoms with E-state index in [0.717, 1.165) is 16.9 Å². The Morgan fingerprint density at radius 1 is 1.07 bits per heavy atom. The average Bonchev–Trinajstić information content (AvgIpc) is 2.69. The van der Waals surface area contributed by atoms with Crippen molar-refractivity contribution < 1.29 is 14.5 Å². The van der Waals surface area contributed by atoms with Crippen LogP contribution in [-0.4, -0.2) is 17.9 Å². The molecule has 0 fully saturated rings. The number of nitro benzene ring substituents is 1. The minimum absolute atomic E-state index is 0.0767. The Kier molecular flexibility index (Phi) is 5.69. The van der Waals surface area contributed by atoms with E-state index in [2.05, 4.69) is 5.32 Å². The molecular formula is C22H20N2O4. The molecule has 0 aliphatic rings. The standard InChI is InChI=1S/C22H20N2O4/c1-15-19(9-6-10-20(15)24(26)27)22(25)23-18-11-12-21(28-2)17(14-18)13-16-7-4-3-5-8-16/h3-12,14H,13H2,1-2H3,(H,23,25). The van der Waals surface area contributed by atoms with Gasteiger partial charge in [-0.25, -0.2) is 0 Å². The zero-order chi connectivity index (χ0) is 20.1. The Morgan fingerprint density at radius 2 is 1.82 bits per heavy atom. The number of amides is 1. The molecule has 0 atom stereocenters. The monoisotopic (exact) mass is 376 g/mol. The summed E-state index contributed by atoms with van der Waals surface area (Å²) in [6.07, 6.45) is 0.656. The molecule has 0 aromatic heterocycles. The van der Waals surface area contributed by atoms with Crippen LogP contribution in [-0.2, 0) is 6.42 Å². The summed E-state index contributed by atoms with van der Waals surface area (Å²) in [7, 11) is 1.61. The van der Waals surface area contributed by atoms with Crippen LogP contribution in [0.15, 0.2) is 66.7 Å². The van der Waals surface area contributed by atoms with Crippen molar-refractivity contribution >= 4 is 17.3 Å². The van der Waals surface area contributed by atoms with E-state index in [1.165, 1.54) is 12.1 Å². The summed E-state index contributed by atoms with van der Waals surface area (Å²) in [5.41, 5.74) is 3.19. The van der Waals surface area contributed by atoms with Crippen LogP contribution < -0.4 is 10.1 Å². The molecule has 0 heterocycles. The van der Waals surface area contributed by atoms with Crippen LogP contribution in [0.5, 0.6) is 5.75 Å². The maximum Gasteiger partial charge on any atom is 0.273 e. The largest absolute Gasteiger partial charge is 0.496 e. The molecule has 1 N–H and O–H groups in total. The second-order valence-corrected chi connectivity index (χ2v) is 6.35. The average molecular weight is 376 g/mol. The van der Waals surface area contributed by atoms with Crippen LogP contribution in [0.2, 0.25) is 0 Å². The lowest BCUT2D eigenvalue weighted by Gasteiger charge is -2.13. The Labute approximate surface area is 162 Å². The fourth-order valence-corrected chi connectivity index (χ4v) is 3.08. The first-order chi connectivity index (χ1) is 13.5. The van der Waals surface area contributed by atoms with E-state index in [4.69, 9.17) is 4.74 Å². The van der Waals surface area contributed by atoms with Gasteiger partial charge in [0.2, 0.25) is 0 Å². The van der Waals surface area contributed by atoms with Gasteiger partial charge in [-0.05, 0) is 36.8 Å². The molecule has 0 bridgehead atoms. The van der Waals surface area contributed by atoms with Crippen LogP contribution in [0.4, 0.5) is 11.4 Å². The van der Waals surface area contributed by atoms with Crippen molar-refractivity contribution in [1.82, 2.24) is 0 Å². The zero-order valence-electron chi connectivity index (χ0n) is 15.6. The molecule has 142 valence electrons. The number of anilines is 1. The lowest BCUT2D eigenvalue weighted by atomic mass is 10.0. The maximum absolute atomic E-state index is 12.7. The Hall–Kier alpha value is -3.67. The van der Waals surface area contributed by atoms with E-state index >= 15 is 0 Å². The van der Waals surface area contributed by atoms with Gasteiger partial charge in [-0.3, -0.25) is 14.9 Å². The second kappa shape index (κ2) is 8.35. The highest BCUT2D eigenvalue weighted by Gasteiger charge is 2.18. The van der Waals surface area contributed by atoms with Crippen molar-refractivity contribution in [2.75, 3.05) is 12.4 Å². The summed E-state index contributed by atoms with van der Waals surface area (Å²) < 4.78 is 5.44. The molecule has 28 heavy (non-hydrogen) atoms. The lowest BCUT2D eigenvalue weighted by molar-refractivity contribution is -0.385. The van der Waals surface area contributed by atoms with Crippen LogP contribution in [0.3, 0.4) is 0 Å². The van der Waals surface area contributed by atoms with Crippen molar-refractivity contribution in [3.63, 3.8) is 0 Å². The molecule has 0 saturated heterocycles. The molecule has 3 aromatic rings. The number of hydrogen-bond donors (Lipinski definition) is 1. The number of carbonyl (C=O) groups is 1. The SMILES string of the molecule is COc1ccc(NC(=O)c2cccc([N+](=O)[O-])c2C)cc1Cc1ccccc1. The van der Waals surface area contributed by atoms with Crippen molar-refractivity contribution in [2.45, 2.75) is 13.3 Å². The first kappa shape index (κ1) is 19.1. The highest BCUT2D eigenvalue weighted by atomic mass is 16.6. The van der Waals surface area contributed by atoms with E-state index in [-0.39, 0.29) is 11.3 Å². The van der Waals surface area contributed by atoms with Gasteiger partial charge in [0.15, 0.2) is 0 Å². The van der Waals surface area contributed by atoms with Crippen molar-refractivity contribution in [1.29, 1.82) is 0 Å². The number of rotatable bonds is 6. The van der Waals surface area contributed by atoms with Gasteiger partial charge in [0.05, 0.1) is 12.0 Å². The summed E-state index contributed by atoms with van der Waals surface area (Å²) in [6, 6.07) is 19.8. The number of hydrogen-bond acceptors (Lipinski definition) is 4. The molecule has 6 heteroatoms. The van der Waals surface area contributed by atoms with Gasteiger partial charge < -0.3 is 10.1 Å². The van der Waals surface area contributed by atoms with E-state index < -0.39 is 10.8 Å². The van der Waals surface area contributed by atoms with E-state index in [1.54, 1.807) is 32.2 Å². The van der Waals surface area contributed by atoms with E-state index in [9.17, 15) is 14.9 Å². The first-order valence-corrected chi connectivity index (χ1v) is 8.76. The number of carbonyl (C=O) groups excluding carboxylic acids is 1. The molecule has 3 rings (SSSR count). The molecule has 1 amide bonds. The molecular weight excluding hydrogens is 356 g/mol. The number of nitro groups is 1. The van der Waals surface area contributed by atoms with Gasteiger partial charge in [0.1, 0.15) is 5.75 Å². The molecule has 0 unspecified atom stereocenters. The summed E-state index contributed by atoms with van der Waals surface area (Å²) in [6.45, 7) is 1.57. The molecule has 0 aliphatic carbocycles. The fourth-order valence-electron chi connectivity index (χ4n) is 3.08. The third-order valence-corrected chi connectivity index (χ3v) is 4.52. The Balaban J connectivity index is 1.87. The third kappa shape index (κ3) is 4.17. The molecule has 6 nitrogen and oxygen atoms in total. The van der Waals surface area contributed by atoms with Gasteiger partial charge in [-0.2, -0.15) is 0 Å². The number of methoxy groups -OCH3 is 1.